The quantitative estimate of drug-likeness (QED) is 0.0228. The second-order valence-corrected chi connectivity index (χ2v) is 18.4. The molecule has 0 aromatic heterocycles. The summed E-state index contributed by atoms with van der Waals surface area (Å²) in [7, 11) is 0. The summed E-state index contributed by atoms with van der Waals surface area (Å²) < 4.78 is 28.2. The molecule has 428 valence electrons. The van der Waals surface area contributed by atoms with E-state index in [4.69, 9.17) is 23.7 Å². The fraction of sp³-hybridized carbons (Fsp3) is 0.538. The van der Waals surface area contributed by atoms with Crippen LogP contribution >= 0.6 is 0 Å². The number of rotatable bonds is 45. The second kappa shape index (κ2) is 51.1. The minimum Gasteiger partial charge on any atom is -0.479 e. The van der Waals surface area contributed by atoms with E-state index in [-0.39, 0.29) is 25.9 Å². The molecule has 0 aromatic carbocycles. The van der Waals surface area contributed by atoms with Crippen molar-refractivity contribution in [2.45, 2.75) is 212 Å². The molecule has 1 aliphatic rings. The van der Waals surface area contributed by atoms with Crippen molar-refractivity contribution in [1.82, 2.24) is 0 Å². The van der Waals surface area contributed by atoms with Crippen LogP contribution in [0.25, 0.3) is 0 Å². The first kappa shape index (κ1) is 69.4. The van der Waals surface area contributed by atoms with Crippen LogP contribution < -0.4 is 0 Å². The Hall–Kier alpha value is -5.66. The van der Waals surface area contributed by atoms with Crippen LogP contribution in [0.15, 0.2) is 158 Å². The highest BCUT2D eigenvalue weighted by Crippen LogP contribution is 2.26. The topological polar surface area (TPSA) is 175 Å². The first-order valence-corrected chi connectivity index (χ1v) is 28.5. The van der Waals surface area contributed by atoms with Gasteiger partial charge in [-0.1, -0.05) is 185 Å². The fourth-order valence-corrected chi connectivity index (χ4v) is 7.33. The molecule has 12 heteroatoms. The highest BCUT2D eigenvalue weighted by Gasteiger charge is 2.50. The van der Waals surface area contributed by atoms with Crippen LogP contribution in [0, 0.1) is 0 Å². The molecule has 0 aliphatic carbocycles. The molecule has 1 saturated heterocycles. The zero-order chi connectivity index (χ0) is 56.1. The zero-order valence-electron chi connectivity index (χ0n) is 46.9. The lowest BCUT2D eigenvalue weighted by molar-refractivity contribution is -0.301. The van der Waals surface area contributed by atoms with Gasteiger partial charge in [-0.05, 0) is 128 Å². The molecule has 0 radical (unpaired) electrons. The van der Waals surface area contributed by atoms with Gasteiger partial charge >= 0.3 is 23.9 Å². The number of carboxylic acids is 1. The molecule has 0 saturated carbocycles. The number of allylic oxidation sites excluding steroid dienone is 26. The van der Waals surface area contributed by atoms with Crippen molar-refractivity contribution in [3.63, 3.8) is 0 Å². The molecule has 1 aliphatic heterocycles. The third kappa shape index (κ3) is 41.2. The third-order valence-corrected chi connectivity index (χ3v) is 11.6. The number of carbonyl (C=O) groups excluding carboxylic acids is 3. The predicted octanol–water partition coefficient (Wildman–Crippen LogP) is 14.6. The monoisotopic (exact) mass is 1070 g/mol. The molecule has 1 rings (SSSR count). The smallest absolute Gasteiger partial charge is 0.335 e. The van der Waals surface area contributed by atoms with Gasteiger partial charge in [0.1, 0.15) is 18.8 Å². The number of aliphatic hydroxyl groups is 2. The lowest BCUT2D eigenvalue weighted by Crippen LogP contribution is -2.61. The number of aliphatic hydroxyl groups excluding tert-OH is 2. The molecule has 1 heterocycles. The van der Waals surface area contributed by atoms with Gasteiger partial charge in [0.2, 0.25) is 0 Å². The Morgan fingerprint density at radius 3 is 1.19 bits per heavy atom. The van der Waals surface area contributed by atoms with Crippen molar-refractivity contribution < 1.29 is 58.2 Å². The SMILES string of the molecule is CC/C=C\C/C=C\C/C=C\C/C=C\C/C=C\CCCC(=O)OCC(COC1OC(C(=O)O)C(O)C(O)C1OC(=O)CCCCC/C=C\C/C=C\C/C=C\CC)OC(=O)CCC/C=C\C/C=C\C/C=C\C/C=C\C/C=C\CC. The Labute approximate surface area is 463 Å². The number of hydrogen-bond acceptors (Lipinski definition) is 11. The van der Waals surface area contributed by atoms with Crippen LogP contribution in [0.4, 0.5) is 0 Å². The van der Waals surface area contributed by atoms with Gasteiger partial charge in [0.25, 0.3) is 0 Å². The molecule has 77 heavy (non-hydrogen) atoms. The minimum atomic E-state index is -1.94. The lowest BCUT2D eigenvalue weighted by Gasteiger charge is -2.40. The van der Waals surface area contributed by atoms with Crippen molar-refractivity contribution in [3.05, 3.63) is 158 Å². The van der Waals surface area contributed by atoms with Gasteiger partial charge in [-0.3, -0.25) is 14.4 Å². The number of ether oxygens (including phenoxy) is 5. The maximum atomic E-state index is 13.1. The van der Waals surface area contributed by atoms with Gasteiger partial charge in [0.15, 0.2) is 24.6 Å². The number of esters is 3. The second-order valence-electron chi connectivity index (χ2n) is 18.4. The summed E-state index contributed by atoms with van der Waals surface area (Å²) >= 11 is 0. The van der Waals surface area contributed by atoms with Crippen LogP contribution in [-0.4, -0.2) is 89.2 Å². The van der Waals surface area contributed by atoms with Gasteiger partial charge < -0.3 is 39.0 Å². The standard InChI is InChI=1S/C65H96O12/c1-4-7-10-13-16-19-22-25-27-29-31-34-36-39-42-45-48-51-57(66)73-54-56(75-58(67)52-49-46-43-40-38-35-32-30-28-26-23-20-17-14-11-8-5-2)55-74-65-63(61(70)60(69)62(77-65)64(71)72)76-59(68)53-50-47-44-41-37-33-24-21-18-15-12-9-6-3/h7-12,16-21,25-28,31-35,37,39-40,42-43,56,60-63,65,69-70H,4-6,13-15,22-24,29-30,36,38,41,44-55H2,1-3H3,(H,71,72)/b10-7-,11-8-,12-9-,19-16-,20-17-,21-18-,27-25-,28-26-,34-31-,35-32-,37-33-,42-39-,43-40-. The van der Waals surface area contributed by atoms with E-state index in [0.717, 1.165) is 103 Å². The molecule has 12 nitrogen and oxygen atoms in total. The molecule has 0 aromatic rings. The highest BCUT2D eigenvalue weighted by molar-refractivity contribution is 5.74. The summed E-state index contributed by atoms with van der Waals surface area (Å²) in [5.74, 6) is -3.35. The largest absolute Gasteiger partial charge is 0.479 e. The van der Waals surface area contributed by atoms with E-state index in [9.17, 15) is 34.5 Å². The van der Waals surface area contributed by atoms with Crippen LogP contribution in [0.3, 0.4) is 0 Å². The van der Waals surface area contributed by atoms with Gasteiger partial charge in [0, 0.05) is 19.3 Å². The summed E-state index contributed by atoms with van der Waals surface area (Å²) in [5, 5.41) is 31.4. The average Bonchev–Trinajstić information content (AvgIpc) is 3.42. The molecule has 6 unspecified atom stereocenters. The minimum absolute atomic E-state index is 0.00299. The molecule has 6 atom stereocenters. The summed E-state index contributed by atoms with van der Waals surface area (Å²) in [6, 6.07) is 0. The van der Waals surface area contributed by atoms with Crippen molar-refractivity contribution >= 4 is 23.9 Å². The number of aliphatic carboxylic acids is 1. The van der Waals surface area contributed by atoms with E-state index in [1.807, 2.05) is 24.3 Å². The van der Waals surface area contributed by atoms with Crippen molar-refractivity contribution in [3.8, 4) is 0 Å². The summed E-state index contributed by atoms with van der Waals surface area (Å²) in [6.07, 6.45) is 62.3. The maximum absolute atomic E-state index is 13.1. The van der Waals surface area contributed by atoms with Gasteiger partial charge in [-0.15, -0.1) is 0 Å². The number of carbonyl (C=O) groups is 4. The van der Waals surface area contributed by atoms with E-state index < -0.39 is 67.3 Å². The number of hydrogen-bond donors (Lipinski definition) is 3. The van der Waals surface area contributed by atoms with Gasteiger partial charge in [-0.25, -0.2) is 4.79 Å². The Bertz CT molecular complexity index is 1940. The maximum Gasteiger partial charge on any atom is 0.335 e. The van der Waals surface area contributed by atoms with Crippen LogP contribution in [-0.2, 0) is 42.9 Å². The first-order chi connectivity index (χ1) is 37.6. The summed E-state index contributed by atoms with van der Waals surface area (Å²) in [6.45, 7) is 5.50. The Kier molecular flexibility index (Phi) is 46.0. The molecule has 0 amide bonds. The average molecular weight is 1070 g/mol. The third-order valence-electron chi connectivity index (χ3n) is 11.6. The van der Waals surface area contributed by atoms with E-state index in [0.29, 0.717) is 32.1 Å². The highest BCUT2D eigenvalue weighted by atomic mass is 16.7. The summed E-state index contributed by atoms with van der Waals surface area (Å²) in [5.41, 5.74) is 0. The van der Waals surface area contributed by atoms with E-state index in [1.54, 1.807) is 0 Å². The van der Waals surface area contributed by atoms with Crippen LogP contribution in [0.1, 0.15) is 175 Å². The Morgan fingerprint density at radius 2 is 0.792 bits per heavy atom. The molecule has 0 bridgehead atoms. The van der Waals surface area contributed by atoms with E-state index >= 15 is 0 Å². The molecule has 0 spiro atoms. The molecule has 3 N–H and O–H groups in total. The molecule has 1 fully saturated rings. The lowest BCUT2D eigenvalue weighted by atomic mass is 9.98. The van der Waals surface area contributed by atoms with Crippen LogP contribution in [0.2, 0.25) is 0 Å². The van der Waals surface area contributed by atoms with E-state index in [1.165, 1.54) is 0 Å². The van der Waals surface area contributed by atoms with Crippen molar-refractivity contribution in [2.24, 2.45) is 0 Å². The Balaban J connectivity index is 2.82. The Morgan fingerprint density at radius 1 is 0.429 bits per heavy atom. The predicted molar refractivity (Wildman–Crippen MR) is 312 cm³/mol. The van der Waals surface area contributed by atoms with Gasteiger partial charge in [0.05, 0.1) is 6.61 Å². The molecular formula is C65H96O12. The fourth-order valence-electron chi connectivity index (χ4n) is 7.33. The number of carboxylic acid groups (broad SMARTS) is 1. The van der Waals surface area contributed by atoms with Crippen molar-refractivity contribution in [1.29, 1.82) is 0 Å². The van der Waals surface area contributed by atoms with Gasteiger partial charge in [-0.2, -0.15) is 0 Å². The molecular weight excluding hydrogens is 973 g/mol. The first-order valence-electron chi connectivity index (χ1n) is 28.5. The number of unbranched alkanes of at least 4 members (excludes halogenated alkanes) is 5. The zero-order valence-corrected chi connectivity index (χ0v) is 46.9. The van der Waals surface area contributed by atoms with Crippen molar-refractivity contribution in [2.75, 3.05) is 13.2 Å². The van der Waals surface area contributed by atoms with E-state index in [2.05, 4.69) is 154 Å². The normalized spacial score (nSPS) is 19.2. The summed E-state index contributed by atoms with van der Waals surface area (Å²) in [4.78, 5) is 51.0. The van der Waals surface area contributed by atoms with Crippen LogP contribution in [0.5, 0.6) is 0 Å².